The molecule has 8 heteroatoms. The van der Waals surface area contributed by atoms with Crippen molar-refractivity contribution in [3.05, 3.63) is 203 Å². The van der Waals surface area contributed by atoms with E-state index >= 15 is 0 Å². The maximum absolute atomic E-state index is 12.9. The first-order valence-electron chi connectivity index (χ1n) is 23.8. The molecule has 0 heterocycles. The molecule has 2 aliphatic rings. The van der Waals surface area contributed by atoms with Gasteiger partial charge in [0.15, 0.2) is 0 Å². The molecule has 337 valence electrons. The number of fused-ring (bicyclic) bond motifs is 4. The molecular formula is C60H54BCl2HfN2O2. The van der Waals surface area contributed by atoms with Gasteiger partial charge < -0.3 is 0 Å². The molecule has 0 fully saturated rings. The molecule has 68 heavy (non-hydrogen) atoms. The van der Waals surface area contributed by atoms with Gasteiger partial charge in [-0.3, -0.25) is 0 Å². The first kappa shape index (κ1) is 46.0. The van der Waals surface area contributed by atoms with Crippen molar-refractivity contribution >= 4 is 68.2 Å². The number of carbonyl (C=O) groups is 2. The Bertz CT molecular complexity index is 3110. The van der Waals surface area contributed by atoms with Crippen molar-refractivity contribution < 1.29 is 25.5 Å². The minimum atomic E-state index is -6.30. The predicted molar refractivity (Wildman–Crippen MR) is 286 cm³/mol. The Balaban J connectivity index is 1.22. The SMILES string of the molecule is CC(C)CC1=Cc2c(-c3ccccc3-c3cccc4ccccc34)cccc2[CH]1[Hf]([Cl])([Cl])([B](NC=O)NC=O)[CH]1C(CC(C)C)=Cc2c(-c3ccccc3-c3cccc4ccccc34)cccc21. The second-order valence-electron chi connectivity index (χ2n) is 19.5. The molecule has 2 N–H and O–H groups in total. The quantitative estimate of drug-likeness (QED) is 0.0794. The predicted octanol–water partition coefficient (Wildman–Crippen LogP) is 15.8. The zero-order chi connectivity index (χ0) is 47.2. The molecule has 0 aromatic heterocycles. The first-order valence-corrected chi connectivity index (χ1v) is 38.9. The molecule has 4 nitrogen and oxygen atoms in total. The van der Waals surface area contributed by atoms with Gasteiger partial charge >= 0.3 is 412 Å². The van der Waals surface area contributed by atoms with E-state index in [0.717, 1.165) is 90.7 Å². The van der Waals surface area contributed by atoms with E-state index in [1.165, 1.54) is 21.5 Å². The van der Waals surface area contributed by atoms with Gasteiger partial charge in [0.25, 0.3) is 0 Å². The molecule has 0 aliphatic heterocycles. The number of benzene rings is 8. The van der Waals surface area contributed by atoms with Crippen LogP contribution in [0, 0.1) is 11.8 Å². The monoisotopic (exact) mass is 1100 g/mol. The Morgan fingerprint density at radius 3 is 1.18 bits per heavy atom. The van der Waals surface area contributed by atoms with Crippen LogP contribution in [0.15, 0.2) is 181 Å². The first-order chi connectivity index (χ1) is 33.0. The normalized spacial score (nSPS) is 15.9. The maximum atomic E-state index is 12.9. The molecular weight excluding hydrogens is 1040 g/mol. The van der Waals surface area contributed by atoms with E-state index in [2.05, 4.69) is 220 Å². The fourth-order valence-electron chi connectivity index (χ4n) is 11.8. The van der Waals surface area contributed by atoms with Gasteiger partial charge in [0.2, 0.25) is 0 Å². The van der Waals surface area contributed by atoms with Gasteiger partial charge in [-0.1, -0.05) is 0 Å². The van der Waals surface area contributed by atoms with Crippen LogP contribution >= 0.6 is 17.2 Å². The van der Waals surface area contributed by atoms with Crippen molar-refractivity contribution in [3.63, 3.8) is 0 Å². The summed E-state index contributed by atoms with van der Waals surface area (Å²) in [5, 5.41) is 10.9. The number of amides is 2. The number of allylic oxidation sites excluding steroid dienone is 2. The van der Waals surface area contributed by atoms with Crippen LogP contribution in [0.3, 0.4) is 0 Å². The molecule has 0 spiro atoms. The van der Waals surface area contributed by atoms with Crippen LogP contribution in [0.5, 0.6) is 0 Å². The molecule has 2 atom stereocenters. The Labute approximate surface area is 408 Å². The van der Waals surface area contributed by atoms with Crippen LogP contribution in [0.1, 0.15) is 70.1 Å². The number of halogens is 2. The molecule has 0 bridgehead atoms. The van der Waals surface area contributed by atoms with E-state index in [4.69, 9.17) is 17.2 Å². The molecule has 0 radical (unpaired) electrons. The Morgan fingerprint density at radius 2 is 0.779 bits per heavy atom. The van der Waals surface area contributed by atoms with Crippen LogP contribution in [0.4, 0.5) is 0 Å². The van der Waals surface area contributed by atoms with Gasteiger partial charge in [0, 0.05) is 0 Å². The second kappa shape index (κ2) is 18.6. The third-order valence-corrected chi connectivity index (χ3v) is 43.0. The number of hydrogen-bond donors (Lipinski definition) is 2. The molecule has 8 aromatic rings. The topological polar surface area (TPSA) is 58.2 Å². The van der Waals surface area contributed by atoms with Crippen molar-refractivity contribution in [3.8, 4) is 44.5 Å². The van der Waals surface area contributed by atoms with Crippen molar-refractivity contribution in [2.24, 2.45) is 11.8 Å². The Kier molecular flexibility index (Phi) is 12.6. The molecule has 10 rings (SSSR count). The number of nitrogens with one attached hydrogen (secondary N) is 2. The standard InChI is InChI=1S/2C29H25.C2H3BN2O2.2ClH.Hf/c2*1-20(2)17-21-18-23-11-8-16-28(29(23)19-21)27-14-6-5-13-26(27)25-15-7-10-22-9-3-4-12-24(22)25;6-1-4-3-5-2-7;;;/h2*3-16,18-20H,17H2,1-2H3;1-2H,(H-,4,5,6,7);2*1H;/q;;;;;+1/p-1. The second-order valence-corrected chi connectivity index (χ2v) is 49.9. The Morgan fingerprint density at radius 1 is 0.456 bits per heavy atom. The molecule has 2 aliphatic carbocycles. The van der Waals surface area contributed by atoms with Crippen LogP contribution in [0.2, 0.25) is 0 Å². The van der Waals surface area contributed by atoms with Gasteiger partial charge in [-0.25, -0.2) is 0 Å². The van der Waals surface area contributed by atoms with E-state index in [9.17, 15) is 9.59 Å². The summed E-state index contributed by atoms with van der Waals surface area (Å²) >= 11 is -6.30. The van der Waals surface area contributed by atoms with E-state index in [1.54, 1.807) is 0 Å². The fourth-order valence-corrected chi connectivity index (χ4v) is 41.3. The van der Waals surface area contributed by atoms with E-state index < -0.39 is 27.8 Å². The summed E-state index contributed by atoms with van der Waals surface area (Å²) in [6, 6.07) is 60.4. The van der Waals surface area contributed by atoms with Crippen LogP contribution in [-0.4, -0.2) is 17.4 Å². The van der Waals surface area contributed by atoms with Gasteiger partial charge in [-0.05, 0) is 0 Å². The fraction of sp³-hybridized carbons (Fsp3) is 0.167. The van der Waals surface area contributed by atoms with Crippen molar-refractivity contribution in [1.82, 2.24) is 10.5 Å². The third kappa shape index (κ3) is 7.83. The van der Waals surface area contributed by atoms with Crippen molar-refractivity contribution in [1.29, 1.82) is 0 Å². The van der Waals surface area contributed by atoms with E-state index in [0.29, 0.717) is 12.8 Å². The summed E-state index contributed by atoms with van der Waals surface area (Å²) in [4.78, 5) is 25.9. The summed E-state index contributed by atoms with van der Waals surface area (Å²) in [6.07, 6.45) is 7.44. The summed E-state index contributed by atoms with van der Waals surface area (Å²) < 4.78 is -1.96. The third-order valence-electron chi connectivity index (χ3n) is 14.3. The molecule has 8 aromatic carbocycles. The van der Waals surface area contributed by atoms with Gasteiger partial charge in [-0.15, -0.1) is 0 Å². The molecule has 2 amide bonds. The van der Waals surface area contributed by atoms with E-state index in [-0.39, 0.29) is 11.8 Å². The number of rotatable bonds is 15. The van der Waals surface area contributed by atoms with Crippen LogP contribution < -0.4 is 10.5 Å². The van der Waals surface area contributed by atoms with Crippen molar-refractivity contribution in [2.45, 2.75) is 47.9 Å². The molecule has 2 unspecified atom stereocenters. The van der Waals surface area contributed by atoms with Gasteiger partial charge in [0.05, 0.1) is 0 Å². The Hall–Kier alpha value is -5.78. The van der Waals surface area contributed by atoms with Gasteiger partial charge in [0.1, 0.15) is 0 Å². The summed E-state index contributed by atoms with van der Waals surface area (Å²) in [5.74, 6) is 0.516. The van der Waals surface area contributed by atoms with Crippen LogP contribution in [0.25, 0.3) is 78.2 Å². The van der Waals surface area contributed by atoms with E-state index in [1.807, 2.05) is 0 Å². The van der Waals surface area contributed by atoms with Crippen molar-refractivity contribution in [2.75, 3.05) is 0 Å². The number of carbonyl (C=O) groups excluding carboxylic acids is 2. The zero-order valence-electron chi connectivity index (χ0n) is 38.8. The molecule has 0 saturated heterocycles. The summed E-state index contributed by atoms with van der Waals surface area (Å²) in [6.45, 7) is 8.91. The van der Waals surface area contributed by atoms with Crippen LogP contribution in [-0.2, 0) is 25.5 Å². The minimum absolute atomic E-state index is 0.258. The summed E-state index contributed by atoms with van der Waals surface area (Å²) in [5.41, 5.74) is 15.4. The molecule has 0 saturated carbocycles. The average Bonchev–Trinajstić information content (AvgIpc) is 3.92. The summed E-state index contributed by atoms with van der Waals surface area (Å²) in [7, 11) is 18.0. The zero-order valence-corrected chi connectivity index (χ0v) is 44.0. The van der Waals surface area contributed by atoms with Gasteiger partial charge in [-0.2, -0.15) is 0 Å². The number of hydrogen-bond acceptors (Lipinski definition) is 2. The average molecular weight is 1100 g/mol.